The zero-order chi connectivity index (χ0) is 17.2. The molecule has 1 saturated heterocycles. The molecular formula is C15H18N8O2. The van der Waals surface area contributed by atoms with Gasteiger partial charge in [0.2, 0.25) is 0 Å². The van der Waals surface area contributed by atoms with Gasteiger partial charge < -0.3 is 10.1 Å². The number of nitrogens with one attached hydrogen (secondary N) is 2. The number of fused-ring (bicyclic) bond motifs is 1. The van der Waals surface area contributed by atoms with E-state index in [4.69, 9.17) is 4.74 Å². The van der Waals surface area contributed by atoms with Crippen molar-refractivity contribution in [3.05, 3.63) is 24.8 Å². The Morgan fingerprint density at radius 3 is 2.92 bits per heavy atom. The molecule has 10 nitrogen and oxygen atoms in total. The van der Waals surface area contributed by atoms with Crippen molar-refractivity contribution in [2.45, 2.75) is 18.9 Å². The second kappa shape index (κ2) is 6.48. The average molecular weight is 342 g/mol. The molecular weight excluding hydrogens is 324 g/mol. The second-order valence-corrected chi connectivity index (χ2v) is 5.88. The van der Waals surface area contributed by atoms with Crippen LogP contribution in [0.5, 0.6) is 0 Å². The number of carbonyl (C=O) groups excluding carboxylic acids is 1. The highest BCUT2D eigenvalue weighted by Gasteiger charge is 2.19. The van der Waals surface area contributed by atoms with E-state index in [-0.39, 0.29) is 12.1 Å². The van der Waals surface area contributed by atoms with E-state index in [0.29, 0.717) is 5.65 Å². The first-order valence-corrected chi connectivity index (χ1v) is 8.07. The largest absolute Gasteiger partial charge is 0.446 e. The first-order valence-electron chi connectivity index (χ1n) is 8.07. The summed E-state index contributed by atoms with van der Waals surface area (Å²) in [5, 5.41) is 14.3. The van der Waals surface area contributed by atoms with Gasteiger partial charge in [0, 0.05) is 18.8 Å². The van der Waals surface area contributed by atoms with Crippen molar-refractivity contribution in [3.63, 3.8) is 0 Å². The van der Waals surface area contributed by atoms with Crippen molar-refractivity contribution in [1.82, 2.24) is 34.7 Å². The van der Waals surface area contributed by atoms with Crippen LogP contribution in [0.4, 0.5) is 10.7 Å². The SMILES string of the molecule is Cn1cc(-c2cncc3nc(NC(=O)OC4CCNCC4)nn23)cn1. The molecule has 130 valence electrons. The third-order valence-corrected chi connectivity index (χ3v) is 4.02. The number of aromatic nitrogens is 6. The highest BCUT2D eigenvalue weighted by atomic mass is 16.6. The van der Waals surface area contributed by atoms with Crippen LogP contribution in [0.15, 0.2) is 24.8 Å². The molecule has 2 N–H and O–H groups in total. The normalized spacial score (nSPS) is 15.4. The molecule has 0 radical (unpaired) electrons. The summed E-state index contributed by atoms with van der Waals surface area (Å²) < 4.78 is 8.71. The number of anilines is 1. The molecule has 1 aliphatic rings. The van der Waals surface area contributed by atoms with Crippen LogP contribution < -0.4 is 10.6 Å². The van der Waals surface area contributed by atoms with Crippen molar-refractivity contribution in [2.24, 2.45) is 7.05 Å². The molecule has 25 heavy (non-hydrogen) atoms. The average Bonchev–Trinajstić information content (AvgIpc) is 3.20. The van der Waals surface area contributed by atoms with Gasteiger partial charge in [-0.1, -0.05) is 0 Å². The molecule has 1 fully saturated rings. The monoisotopic (exact) mass is 342 g/mol. The smallest absolute Gasteiger partial charge is 0.414 e. The molecule has 0 unspecified atom stereocenters. The minimum Gasteiger partial charge on any atom is -0.446 e. The summed E-state index contributed by atoms with van der Waals surface area (Å²) in [6.07, 6.45) is 7.83. The maximum Gasteiger partial charge on any atom is 0.414 e. The van der Waals surface area contributed by atoms with Gasteiger partial charge in [0.05, 0.1) is 24.3 Å². The number of piperidine rings is 1. The van der Waals surface area contributed by atoms with Gasteiger partial charge in [-0.25, -0.2) is 9.31 Å². The highest BCUT2D eigenvalue weighted by molar-refractivity contribution is 5.82. The minimum atomic E-state index is -0.543. The summed E-state index contributed by atoms with van der Waals surface area (Å²) in [6.45, 7) is 1.70. The molecule has 0 aromatic carbocycles. The molecule has 0 aliphatic carbocycles. The van der Waals surface area contributed by atoms with Crippen molar-refractivity contribution < 1.29 is 9.53 Å². The van der Waals surface area contributed by atoms with Crippen LogP contribution in [0.25, 0.3) is 16.9 Å². The van der Waals surface area contributed by atoms with Crippen LogP contribution in [0.3, 0.4) is 0 Å². The van der Waals surface area contributed by atoms with E-state index >= 15 is 0 Å². The summed E-state index contributed by atoms with van der Waals surface area (Å²) >= 11 is 0. The van der Waals surface area contributed by atoms with Gasteiger partial charge in [0.15, 0.2) is 5.65 Å². The lowest BCUT2D eigenvalue weighted by Gasteiger charge is -2.22. The van der Waals surface area contributed by atoms with Gasteiger partial charge in [-0.3, -0.25) is 15.0 Å². The zero-order valence-electron chi connectivity index (χ0n) is 13.7. The number of hydrogen-bond acceptors (Lipinski definition) is 7. The Morgan fingerprint density at radius 1 is 1.32 bits per heavy atom. The van der Waals surface area contributed by atoms with Gasteiger partial charge in [-0.15, -0.1) is 5.10 Å². The fourth-order valence-corrected chi connectivity index (χ4v) is 2.80. The van der Waals surface area contributed by atoms with E-state index in [1.165, 1.54) is 0 Å². The number of rotatable bonds is 3. The number of ether oxygens (including phenoxy) is 1. The molecule has 3 aromatic heterocycles. The van der Waals surface area contributed by atoms with Gasteiger partial charge in [0.1, 0.15) is 6.10 Å². The van der Waals surface area contributed by atoms with E-state index in [9.17, 15) is 4.79 Å². The molecule has 10 heteroatoms. The Hall–Kier alpha value is -3.01. The van der Waals surface area contributed by atoms with Crippen LogP contribution in [-0.2, 0) is 11.8 Å². The van der Waals surface area contributed by atoms with Gasteiger partial charge in [0.25, 0.3) is 5.95 Å². The summed E-state index contributed by atoms with van der Waals surface area (Å²) in [5.74, 6) is 0.178. The second-order valence-electron chi connectivity index (χ2n) is 5.88. The standard InChI is InChI=1S/C15H18N8O2/c1-22-9-10(6-18-22)12-7-17-8-13-19-14(21-23(12)13)20-15(24)25-11-2-4-16-5-3-11/h6-9,11,16H,2-5H2,1H3,(H,20,21,24). The Kier molecular flexibility index (Phi) is 4.02. The third-order valence-electron chi connectivity index (χ3n) is 4.02. The summed E-state index contributed by atoms with van der Waals surface area (Å²) in [6, 6.07) is 0. The molecule has 0 spiro atoms. The van der Waals surface area contributed by atoms with Crippen LogP contribution in [0, 0.1) is 0 Å². The molecule has 3 aromatic rings. The van der Waals surface area contributed by atoms with Crippen LogP contribution >= 0.6 is 0 Å². The fourth-order valence-electron chi connectivity index (χ4n) is 2.80. The maximum atomic E-state index is 12.0. The summed E-state index contributed by atoms with van der Waals surface area (Å²) in [4.78, 5) is 20.5. The lowest BCUT2D eigenvalue weighted by Crippen LogP contribution is -2.34. The quantitative estimate of drug-likeness (QED) is 0.725. The Balaban J connectivity index is 1.54. The zero-order valence-corrected chi connectivity index (χ0v) is 13.7. The van der Waals surface area contributed by atoms with Crippen LogP contribution in [0.2, 0.25) is 0 Å². The number of nitrogens with zero attached hydrogens (tertiary/aromatic N) is 6. The topological polar surface area (TPSA) is 111 Å². The van der Waals surface area contributed by atoms with Crippen LogP contribution in [-0.4, -0.2) is 54.6 Å². The third kappa shape index (κ3) is 3.29. The first kappa shape index (κ1) is 15.5. The molecule has 4 heterocycles. The number of hydrogen-bond donors (Lipinski definition) is 2. The van der Waals surface area contributed by atoms with E-state index < -0.39 is 6.09 Å². The predicted octanol–water partition coefficient (Wildman–Crippen LogP) is 0.825. The fraction of sp³-hybridized carbons (Fsp3) is 0.400. The molecule has 0 saturated carbocycles. The predicted molar refractivity (Wildman–Crippen MR) is 89.0 cm³/mol. The van der Waals surface area contributed by atoms with Crippen molar-refractivity contribution in [1.29, 1.82) is 0 Å². The van der Waals surface area contributed by atoms with Gasteiger partial charge in [-0.05, 0) is 25.9 Å². The Labute approximate surface area is 143 Å². The minimum absolute atomic E-state index is 0.0779. The summed E-state index contributed by atoms with van der Waals surface area (Å²) in [7, 11) is 1.84. The molecule has 1 aliphatic heterocycles. The first-order chi connectivity index (χ1) is 12.2. The van der Waals surface area contributed by atoms with Crippen molar-refractivity contribution in [2.75, 3.05) is 18.4 Å². The molecule has 4 rings (SSSR count). The van der Waals surface area contributed by atoms with Crippen molar-refractivity contribution in [3.8, 4) is 11.3 Å². The number of aryl methyl sites for hydroxylation is 1. The number of carbonyl (C=O) groups is 1. The summed E-state index contributed by atoms with van der Waals surface area (Å²) in [5.41, 5.74) is 2.12. The van der Waals surface area contributed by atoms with Crippen LogP contribution in [0.1, 0.15) is 12.8 Å². The molecule has 0 atom stereocenters. The van der Waals surface area contributed by atoms with Crippen molar-refractivity contribution >= 4 is 17.7 Å². The number of amides is 1. The highest BCUT2D eigenvalue weighted by Crippen LogP contribution is 2.19. The van der Waals surface area contributed by atoms with Gasteiger partial charge in [-0.2, -0.15) is 10.1 Å². The van der Waals surface area contributed by atoms with Gasteiger partial charge >= 0.3 is 6.09 Å². The lowest BCUT2D eigenvalue weighted by atomic mass is 10.1. The lowest BCUT2D eigenvalue weighted by molar-refractivity contribution is 0.0907. The van der Waals surface area contributed by atoms with E-state index in [1.807, 2.05) is 13.2 Å². The van der Waals surface area contributed by atoms with E-state index in [1.54, 1.807) is 27.8 Å². The Morgan fingerprint density at radius 2 is 2.16 bits per heavy atom. The molecule has 1 amide bonds. The van der Waals surface area contributed by atoms with E-state index in [0.717, 1.165) is 37.2 Å². The maximum absolute atomic E-state index is 12.0. The van der Waals surface area contributed by atoms with E-state index in [2.05, 4.69) is 30.8 Å². The molecule has 0 bridgehead atoms. The Bertz CT molecular complexity index is 896.